The number of anilines is 4. The van der Waals surface area contributed by atoms with Crippen molar-refractivity contribution < 1.29 is 0 Å². The monoisotopic (exact) mass is 232 g/mol. The Labute approximate surface area is 87.3 Å². The van der Waals surface area contributed by atoms with Crippen molar-refractivity contribution in [2.24, 2.45) is 0 Å². The number of nitrogens with two attached hydrogens (primary N) is 4. The average Bonchev–Trinajstić information content (AvgIpc) is 2.63. The molecule has 0 saturated heterocycles. The van der Waals surface area contributed by atoms with Crippen LogP contribution in [-0.4, -0.2) is 18.7 Å². The van der Waals surface area contributed by atoms with Crippen LogP contribution in [0.15, 0.2) is 0 Å². The van der Waals surface area contributed by atoms with Gasteiger partial charge >= 0.3 is 0 Å². The highest BCUT2D eigenvalue weighted by molar-refractivity contribution is 7.09. The second-order valence-electron chi connectivity index (χ2n) is 1.98. The molecule has 0 atom stereocenters. The van der Waals surface area contributed by atoms with E-state index in [2.05, 4.69) is 18.7 Å². The van der Waals surface area contributed by atoms with Crippen molar-refractivity contribution in [2.75, 3.05) is 22.9 Å². The van der Waals surface area contributed by atoms with Gasteiger partial charge < -0.3 is 22.9 Å². The van der Waals surface area contributed by atoms with Gasteiger partial charge in [0.05, 0.1) is 0 Å². The lowest BCUT2D eigenvalue weighted by Gasteiger charge is -1.69. The zero-order valence-corrected chi connectivity index (χ0v) is 8.55. The third-order valence-corrected chi connectivity index (χ3v) is 2.03. The maximum absolute atomic E-state index is 5.14. The van der Waals surface area contributed by atoms with Crippen molar-refractivity contribution in [1.29, 1.82) is 0 Å². The number of rotatable bonds is 0. The van der Waals surface area contributed by atoms with E-state index in [0.29, 0.717) is 10.3 Å². The van der Waals surface area contributed by atoms with Crippen LogP contribution in [0.4, 0.5) is 22.2 Å². The molecule has 0 saturated carbocycles. The Hall–Kier alpha value is -1.68. The fraction of sp³-hybridized carbons (Fsp3) is 0. The SMILES string of the molecule is Nc1nsc(N)n1.Nc1nsc(N)n1. The van der Waals surface area contributed by atoms with Crippen molar-refractivity contribution in [1.82, 2.24) is 18.7 Å². The molecule has 14 heavy (non-hydrogen) atoms. The molecule has 0 unspecified atom stereocenters. The van der Waals surface area contributed by atoms with Gasteiger partial charge in [-0.1, -0.05) is 0 Å². The van der Waals surface area contributed by atoms with Crippen molar-refractivity contribution in [3.63, 3.8) is 0 Å². The van der Waals surface area contributed by atoms with Crippen LogP contribution in [0.1, 0.15) is 0 Å². The topological polar surface area (TPSA) is 156 Å². The van der Waals surface area contributed by atoms with Crippen LogP contribution < -0.4 is 22.9 Å². The third kappa shape index (κ3) is 3.37. The summed E-state index contributed by atoms with van der Waals surface area (Å²) >= 11 is 2.19. The molecule has 0 aromatic carbocycles. The maximum Gasteiger partial charge on any atom is 0.233 e. The molecule has 0 amide bonds. The third-order valence-electron chi connectivity index (χ3n) is 0.915. The molecule has 8 N–H and O–H groups in total. The molecule has 8 nitrogen and oxygen atoms in total. The standard InChI is InChI=1S/2C2H4N4S/c2*3-1-5-2(4)7-6-1/h2*(H4,3,4,5,6). The van der Waals surface area contributed by atoms with Gasteiger partial charge in [0, 0.05) is 23.1 Å². The second-order valence-corrected chi connectivity index (χ2v) is 3.55. The van der Waals surface area contributed by atoms with Gasteiger partial charge in [0.2, 0.25) is 22.2 Å². The number of nitrogens with zero attached hydrogens (tertiary/aromatic N) is 4. The van der Waals surface area contributed by atoms with Gasteiger partial charge in [0.25, 0.3) is 0 Å². The largest absolute Gasteiger partial charge is 0.374 e. The fourth-order valence-electron chi connectivity index (χ4n) is 0.495. The van der Waals surface area contributed by atoms with E-state index in [4.69, 9.17) is 22.9 Å². The first-order valence-corrected chi connectivity index (χ1v) is 4.82. The molecule has 10 heteroatoms. The molecule has 0 fully saturated rings. The Morgan fingerprint density at radius 3 is 1.14 bits per heavy atom. The highest BCUT2D eigenvalue weighted by Gasteiger charge is 1.90. The summed E-state index contributed by atoms with van der Waals surface area (Å²) in [6.45, 7) is 0. The van der Waals surface area contributed by atoms with Gasteiger partial charge in [-0.05, 0) is 0 Å². The molecule has 0 bridgehead atoms. The predicted molar refractivity (Wildman–Crippen MR) is 57.5 cm³/mol. The van der Waals surface area contributed by atoms with Crippen LogP contribution in [0.25, 0.3) is 0 Å². The highest BCUT2D eigenvalue weighted by Crippen LogP contribution is 2.05. The van der Waals surface area contributed by atoms with E-state index in [9.17, 15) is 0 Å². The lowest BCUT2D eigenvalue weighted by Crippen LogP contribution is -1.87. The van der Waals surface area contributed by atoms with E-state index in [1.165, 1.54) is 0 Å². The number of nitrogen functional groups attached to an aromatic ring is 4. The van der Waals surface area contributed by atoms with Crippen LogP contribution in [0.2, 0.25) is 0 Å². The molecule has 2 aromatic heterocycles. The minimum atomic E-state index is 0.252. The summed E-state index contributed by atoms with van der Waals surface area (Å²) in [6, 6.07) is 0. The normalized spacial score (nSPS) is 9.14. The fourth-order valence-corrected chi connectivity index (χ4v) is 1.22. The Bertz CT molecular complexity index is 322. The highest BCUT2D eigenvalue weighted by atomic mass is 32.1. The van der Waals surface area contributed by atoms with Gasteiger partial charge in [-0.15, -0.1) is 0 Å². The summed E-state index contributed by atoms with van der Waals surface area (Å²) in [7, 11) is 0. The van der Waals surface area contributed by atoms with Gasteiger partial charge in [-0.25, -0.2) is 0 Å². The van der Waals surface area contributed by atoms with E-state index in [1.807, 2.05) is 0 Å². The molecule has 0 aliphatic rings. The van der Waals surface area contributed by atoms with Crippen molar-refractivity contribution in [3.05, 3.63) is 0 Å². The number of aromatic nitrogens is 4. The Morgan fingerprint density at radius 2 is 1.07 bits per heavy atom. The lowest BCUT2D eigenvalue weighted by atomic mass is 11.1. The molecule has 0 aliphatic heterocycles. The summed E-state index contributed by atoms with van der Waals surface area (Å²) < 4.78 is 7.20. The van der Waals surface area contributed by atoms with E-state index >= 15 is 0 Å². The molecule has 0 radical (unpaired) electrons. The van der Waals surface area contributed by atoms with Crippen molar-refractivity contribution in [3.8, 4) is 0 Å². The quantitative estimate of drug-likeness (QED) is 0.469. The van der Waals surface area contributed by atoms with E-state index in [1.54, 1.807) is 0 Å². The Kier molecular flexibility index (Phi) is 3.36. The van der Waals surface area contributed by atoms with Crippen molar-refractivity contribution in [2.45, 2.75) is 0 Å². The van der Waals surface area contributed by atoms with Crippen molar-refractivity contribution >= 4 is 45.2 Å². The lowest BCUT2D eigenvalue weighted by molar-refractivity contribution is 1.34. The predicted octanol–water partition coefficient (Wildman–Crippen LogP) is -0.595. The van der Waals surface area contributed by atoms with Crippen LogP contribution in [-0.2, 0) is 0 Å². The summed E-state index contributed by atoms with van der Waals surface area (Å²) in [5.74, 6) is 0.505. The van der Waals surface area contributed by atoms with Crippen LogP contribution in [0, 0.1) is 0 Å². The van der Waals surface area contributed by atoms with E-state index in [-0.39, 0.29) is 11.9 Å². The smallest absolute Gasteiger partial charge is 0.233 e. The zero-order valence-electron chi connectivity index (χ0n) is 6.91. The Balaban J connectivity index is 0.000000140. The molecule has 2 rings (SSSR count). The molecule has 0 spiro atoms. The van der Waals surface area contributed by atoms with Crippen LogP contribution >= 0.6 is 23.1 Å². The summed E-state index contributed by atoms with van der Waals surface area (Å²) in [6.07, 6.45) is 0. The van der Waals surface area contributed by atoms with Gasteiger partial charge in [-0.3, -0.25) is 0 Å². The van der Waals surface area contributed by atoms with Gasteiger partial charge in [-0.2, -0.15) is 18.7 Å². The minimum absolute atomic E-state index is 0.252. The Morgan fingerprint density at radius 1 is 0.714 bits per heavy atom. The molecule has 0 aliphatic carbocycles. The molecule has 2 aromatic rings. The summed E-state index contributed by atoms with van der Waals surface area (Å²) in [4.78, 5) is 7.15. The minimum Gasteiger partial charge on any atom is -0.374 e. The first-order chi connectivity index (χ1) is 6.58. The first-order valence-electron chi connectivity index (χ1n) is 3.27. The molecule has 2 heterocycles. The number of hydrogen-bond acceptors (Lipinski definition) is 10. The van der Waals surface area contributed by atoms with E-state index in [0.717, 1.165) is 23.1 Å². The molecular formula is C4H8N8S2. The first kappa shape index (κ1) is 10.4. The van der Waals surface area contributed by atoms with E-state index < -0.39 is 0 Å². The average molecular weight is 232 g/mol. The second kappa shape index (κ2) is 4.53. The van der Waals surface area contributed by atoms with Crippen LogP contribution in [0.3, 0.4) is 0 Å². The summed E-state index contributed by atoms with van der Waals surface area (Å²) in [5, 5.41) is 0.829. The van der Waals surface area contributed by atoms with Crippen LogP contribution in [0.5, 0.6) is 0 Å². The van der Waals surface area contributed by atoms with Gasteiger partial charge in [0.15, 0.2) is 0 Å². The van der Waals surface area contributed by atoms with Gasteiger partial charge in [0.1, 0.15) is 0 Å². The molecule has 76 valence electrons. The maximum atomic E-state index is 5.14. The molecular weight excluding hydrogens is 224 g/mol. The zero-order chi connectivity index (χ0) is 10.6. The number of hydrogen-bond donors (Lipinski definition) is 4. The summed E-state index contributed by atoms with van der Waals surface area (Å²) in [5.41, 5.74) is 20.5.